The number of likely N-dealkylation sites (tertiary alicyclic amines) is 1. The zero-order valence-electron chi connectivity index (χ0n) is 20.7. The highest BCUT2D eigenvalue weighted by atomic mass is 16.5. The number of benzene rings is 1. The number of anilines is 1. The van der Waals surface area contributed by atoms with Gasteiger partial charge in [-0.1, -0.05) is 31.4 Å². The third kappa shape index (κ3) is 6.23. The summed E-state index contributed by atoms with van der Waals surface area (Å²) in [5.41, 5.74) is 1.15. The molecule has 7 nitrogen and oxygen atoms in total. The zero-order chi connectivity index (χ0) is 23.9. The van der Waals surface area contributed by atoms with Crippen molar-refractivity contribution in [3.05, 3.63) is 24.3 Å². The van der Waals surface area contributed by atoms with Gasteiger partial charge in [-0.3, -0.25) is 14.5 Å². The van der Waals surface area contributed by atoms with E-state index >= 15 is 0 Å². The van der Waals surface area contributed by atoms with E-state index in [4.69, 9.17) is 4.74 Å². The van der Waals surface area contributed by atoms with Crippen LogP contribution in [0, 0.1) is 17.8 Å². The quantitative estimate of drug-likeness (QED) is 0.623. The van der Waals surface area contributed by atoms with Crippen molar-refractivity contribution in [1.82, 2.24) is 9.80 Å². The highest BCUT2D eigenvalue weighted by molar-refractivity contribution is 5.79. The Morgan fingerprint density at radius 3 is 2.41 bits per heavy atom. The summed E-state index contributed by atoms with van der Waals surface area (Å²) in [6, 6.07) is 8.17. The standard InChI is InChI=1S/C27H41N3O4/c1-34-25-10-6-5-9-24(25)29-17-15-28(16-18-29)13-11-23-20-30(14-12-22(23)19-26(31)32)27(33)21-7-3-2-4-8-21/h5-6,9-10,21-23H,2-4,7-8,11-20H2,1H3,(H,31,32). The monoisotopic (exact) mass is 471 g/mol. The number of carbonyl (C=O) groups excluding carboxylic acids is 1. The molecule has 1 aromatic carbocycles. The molecular weight excluding hydrogens is 430 g/mol. The number of ether oxygens (including phenoxy) is 1. The molecule has 2 heterocycles. The van der Waals surface area contributed by atoms with Gasteiger partial charge in [-0.25, -0.2) is 0 Å². The fourth-order valence-corrected chi connectivity index (χ4v) is 6.16. The lowest BCUT2D eigenvalue weighted by Crippen LogP contribution is -2.49. The van der Waals surface area contributed by atoms with E-state index in [9.17, 15) is 14.7 Å². The highest BCUT2D eigenvalue weighted by Gasteiger charge is 2.35. The number of piperazine rings is 1. The maximum Gasteiger partial charge on any atom is 0.303 e. The van der Waals surface area contributed by atoms with Crippen LogP contribution in [0.3, 0.4) is 0 Å². The second-order valence-corrected chi connectivity index (χ2v) is 10.3. The van der Waals surface area contributed by atoms with Gasteiger partial charge in [0.1, 0.15) is 5.75 Å². The molecule has 7 heteroatoms. The van der Waals surface area contributed by atoms with Crippen LogP contribution in [0.1, 0.15) is 51.4 Å². The first-order valence-electron chi connectivity index (χ1n) is 13.2. The molecule has 2 aliphatic heterocycles. The van der Waals surface area contributed by atoms with Gasteiger partial charge in [0, 0.05) is 51.6 Å². The zero-order valence-corrected chi connectivity index (χ0v) is 20.7. The van der Waals surface area contributed by atoms with Crippen LogP contribution in [-0.4, -0.2) is 79.7 Å². The van der Waals surface area contributed by atoms with Crippen LogP contribution in [0.15, 0.2) is 24.3 Å². The molecule has 4 rings (SSSR count). The maximum atomic E-state index is 13.1. The van der Waals surface area contributed by atoms with E-state index in [1.165, 1.54) is 6.42 Å². The van der Waals surface area contributed by atoms with Crippen LogP contribution in [-0.2, 0) is 9.59 Å². The fourth-order valence-electron chi connectivity index (χ4n) is 6.16. The topological polar surface area (TPSA) is 73.3 Å². The number of para-hydroxylation sites is 2. The third-order valence-corrected chi connectivity index (χ3v) is 8.21. The van der Waals surface area contributed by atoms with Gasteiger partial charge in [-0.15, -0.1) is 0 Å². The van der Waals surface area contributed by atoms with Gasteiger partial charge >= 0.3 is 5.97 Å². The molecule has 0 spiro atoms. The molecule has 1 N–H and O–H groups in total. The predicted molar refractivity (Wildman–Crippen MR) is 133 cm³/mol. The second-order valence-electron chi connectivity index (χ2n) is 10.3. The number of carboxylic acid groups (broad SMARTS) is 1. The summed E-state index contributed by atoms with van der Waals surface area (Å²) < 4.78 is 5.53. The number of methoxy groups -OCH3 is 1. The Hall–Kier alpha value is -2.28. The highest BCUT2D eigenvalue weighted by Crippen LogP contribution is 2.33. The molecule has 1 amide bonds. The number of aliphatic carboxylic acids is 1. The van der Waals surface area contributed by atoms with Gasteiger partial charge < -0.3 is 19.6 Å². The van der Waals surface area contributed by atoms with Crippen molar-refractivity contribution in [2.24, 2.45) is 17.8 Å². The summed E-state index contributed by atoms with van der Waals surface area (Å²) in [6.07, 6.45) is 7.61. The Labute approximate surface area is 204 Å². The molecular formula is C27H41N3O4. The van der Waals surface area contributed by atoms with E-state index in [1.54, 1.807) is 7.11 Å². The third-order valence-electron chi connectivity index (χ3n) is 8.21. The summed E-state index contributed by atoms with van der Waals surface area (Å²) >= 11 is 0. The molecule has 0 bridgehead atoms. The molecule has 3 aliphatic rings. The number of carboxylic acids is 1. The fraction of sp³-hybridized carbons (Fsp3) is 0.704. The van der Waals surface area contributed by atoms with E-state index in [0.717, 1.165) is 95.8 Å². The van der Waals surface area contributed by atoms with Gasteiger partial charge in [0.15, 0.2) is 0 Å². The number of carbonyl (C=O) groups is 2. The van der Waals surface area contributed by atoms with Crippen LogP contribution < -0.4 is 9.64 Å². The normalized spacial score (nSPS) is 24.7. The summed E-state index contributed by atoms with van der Waals surface area (Å²) in [7, 11) is 1.72. The number of rotatable bonds is 8. The van der Waals surface area contributed by atoms with Crippen molar-refractivity contribution >= 4 is 17.6 Å². The molecule has 2 unspecified atom stereocenters. The molecule has 1 aliphatic carbocycles. The van der Waals surface area contributed by atoms with E-state index in [-0.39, 0.29) is 24.2 Å². The number of amides is 1. The average Bonchev–Trinajstić information content (AvgIpc) is 2.88. The average molecular weight is 472 g/mol. The predicted octanol–water partition coefficient (Wildman–Crippen LogP) is 3.73. The van der Waals surface area contributed by atoms with Crippen LogP contribution >= 0.6 is 0 Å². The molecule has 188 valence electrons. The van der Waals surface area contributed by atoms with E-state index < -0.39 is 5.97 Å². The van der Waals surface area contributed by atoms with Gasteiger partial charge in [0.05, 0.1) is 12.8 Å². The smallest absolute Gasteiger partial charge is 0.303 e. The Balaban J connectivity index is 1.31. The first-order chi connectivity index (χ1) is 16.5. The minimum absolute atomic E-state index is 0.169. The molecule has 0 radical (unpaired) electrons. The number of hydrogen-bond donors (Lipinski definition) is 1. The van der Waals surface area contributed by atoms with Crippen LogP contribution in [0.2, 0.25) is 0 Å². The first-order valence-corrected chi connectivity index (χ1v) is 13.2. The first kappa shape index (κ1) is 24.8. The molecule has 0 aromatic heterocycles. The van der Waals surface area contributed by atoms with Crippen molar-refractivity contribution in [3.63, 3.8) is 0 Å². The van der Waals surface area contributed by atoms with Gasteiger partial charge in [0.25, 0.3) is 0 Å². The summed E-state index contributed by atoms with van der Waals surface area (Å²) in [4.78, 5) is 31.6. The van der Waals surface area contributed by atoms with E-state index in [0.29, 0.717) is 5.91 Å². The van der Waals surface area contributed by atoms with Crippen molar-refractivity contribution in [3.8, 4) is 5.75 Å². The van der Waals surface area contributed by atoms with Gasteiger partial charge in [-0.05, 0) is 56.2 Å². The van der Waals surface area contributed by atoms with Gasteiger partial charge in [-0.2, -0.15) is 0 Å². The van der Waals surface area contributed by atoms with Crippen LogP contribution in [0.4, 0.5) is 5.69 Å². The van der Waals surface area contributed by atoms with Crippen molar-refractivity contribution in [2.45, 2.75) is 51.4 Å². The lowest BCUT2D eigenvalue weighted by atomic mass is 9.80. The lowest BCUT2D eigenvalue weighted by Gasteiger charge is -2.41. The summed E-state index contributed by atoms with van der Waals surface area (Å²) in [5, 5.41) is 9.45. The van der Waals surface area contributed by atoms with Crippen molar-refractivity contribution in [2.75, 3.05) is 57.8 Å². The van der Waals surface area contributed by atoms with Crippen LogP contribution in [0.5, 0.6) is 5.75 Å². The Bertz CT molecular complexity index is 818. The minimum Gasteiger partial charge on any atom is -0.495 e. The number of piperidine rings is 1. The number of hydrogen-bond acceptors (Lipinski definition) is 5. The molecule has 2 atom stereocenters. The van der Waals surface area contributed by atoms with Gasteiger partial charge in [0.2, 0.25) is 5.91 Å². The molecule has 1 aromatic rings. The Kier molecular flexibility index (Phi) is 8.70. The largest absolute Gasteiger partial charge is 0.495 e. The van der Waals surface area contributed by atoms with Crippen molar-refractivity contribution in [1.29, 1.82) is 0 Å². The molecule has 2 saturated heterocycles. The molecule has 3 fully saturated rings. The van der Waals surface area contributed by atoms with E-state index in [1.807, 2.05) is 12.1 Å². The lowest BCUT2D eigenvalue weighted by molar-refractivity contribution is -0.141. The summed E-state index contributed by atoms with van der Waals surface area (Å²) in [6.45, 7) is 6.30. The minimum atomic E-state index is -0.715. The maximum absolute atomic E-state index is 13.1. The number of nitrogens with zero attached hydrogens (tertiary/aromatic N) is 3. The van der Waals surface area contributed by atoms with E-state index in [2.05, 4.69) is 26.8 Å². The Morgan fingerprint density at radius 1 is 0.971 bits per heavy atom. The molecule has 1 saturated carbocycles. The molecule has 34 heavy (non-hydrogen) atoms. The Morgan fingerprint density at radius 2 is 1.71 bits per heavy atom. The SMILES string of the molecule is COc1ccccc1N1CCN(CCC2CN(C(=O)C3CCCCC3)CCC2CC(=O)O)CC1. The second kappa shape index (κ2) is 11.9. The van der Waals surface area contributed by atoms with Crippen LogP contribution in [0.25, 0.3) is 0 Å². The van der Waals surface area contributed by atoms with Crippen molar-refractivity contribution < 1.29 is 19.4 Å². The summed E-state index contributed by atoms with van der Waals surface area (Å²) in [5.74, 6) is 1.15.